The summed E-state index contributed by atoms with van der Waals surface area (Å²) in [7, 11) is 0. The van der Waals surface area contributed by atoms with Crippen molar-refractivity contribution in [3.8, 4) is 5.75 Å². The molecule has 0 unspecified atom stereocenters. The predicted molar refractivity (Wildman–Crippen MR) is 131 cm³/mol. The van der Waals surface area contributed by atoms with Crippen LogP contribution in [0.1, 0.15) is 53.6 Å². The van der Waals surface area contributed by atoms with E-state index < -0.39 is 35.7 Å². The smallest absolute Gasteiger partial charge is 0.418 e. The number of carboxylic acid groups (broad SMARTS) is 1. The average Bonchev–Trinajstić information content (AvgIpc) is 3.23. The standard InChI is InChI=1S/C26H26ClF3N2O4/c1-3-16(2)32-19(12-13-36-20-8-5-18(27)6-9-20)7-11-23(32)25(35)31-22-14-17(15-24(33)34)4-10-21(22)26(28,29)30/h4-11,14,16H,3,12-13,15H2,1-2H3,(H,31,35)(H,33,34)/t16-/m0/s1. The van der Waals surface area contributed by atoms with E-state index in [2.05, 4.69) is 5.32 Å². The van der Waals surface area contributed by atoms with Crippen molar-refractivity contribution in [2.24, 2.45) is 0 Å². The van der Waals surface area contributed by atoms with Crippen LogP contribution in [0.5, 0.6) is 5.75 Å². The molecular weight excluding hydrogens is 497 g/mol. The Morgan fingerprint density at radius 3 is 2.42 bits per heavy atom. The number of carbonyl (C=O) groups excluding carboxylic acids is 1. The number of amides is 1. The number of benzene rings is 2. The first-order chi connectivity index (χ1) is 17.0. The Morgan fingerprint density at radius 2 is 1.81 bits per heavy atom. The maximum atomic E-state index is 13.6. The number of anilines is 1. The third-order valence-electron chi connectivity index (χ3n) is 5.70. The number of hydrogen-bond donors (Lipinski definition) is 2. The van der Waals surface area contributed by atoms with Crippen LogP contribution in [0.25, 0.3) is 0 Å². The topological polar surface area (TPSA) is 80.6 Å². The van der Waals surface area contributed by atoms with Gasteiger partial charge in [-0.3, -0.25) is 9.59 Å². The van der Waals surface area contributed by atoms with Gasteiger partial charge in [0.25, 0.3) is 5.91 Å². The zero-order valence-electron chi connectivity index (χ0n) is 19.7. The van der Waals surface area contributed by atoms with Crippen molar-refractivity contribution >= 4 is 29.2 Å². The second-order valence-electron chi connectivity index (χ2n) is 8.29. The fraction of sp³-hybridized carbons (Fsp3) is 0.308. The molecule has 1 atom stereocenters. The maximum Gasteiger partial charge on any atom is 0.418 e. The number of carbonyl (C=O) groups is 2. The predicted octanol–water partition coefficient (Wildman–Crippen LogP) is 6.63. The normalized spacial score (nSPS) is 12.3. The lowest BCUT2D eigenvalue weighted by atomic mass is 10.1. The molecule has 0 fully saturated rings. The molecule has 1 amide bonds. The second-order valence-corrected chi connectivity index (χ2v) is 8.73. The molecular formula is C26H26ClF3N2O4. The van der Waals surface area contributed by atoms with Crippen LogP contribution in [-0.4, -0.2) is 28.2 Å². The Hall–Kier alpha value is -3.46. The Labute approximate surface area is 211 Å². The first-order valence-corrected chi connectivity index (χ1v) is 11.7. The average molecular weight is 523 g/mol. The summed E-state index contributed by atoms with van der Waals surface area (Å²) in [6.45, 7) is 4.17. The van der Waals surface area contributed by atoms with Crippen LogP contribution in [0.2, 0.25) is 5.02 Å². The highest BCUT2D eigenvalue weighted by molar-refractivity contribution is 6.30. The maximum absolute atomic E-state index is 13.6. The fourth-order valence-corrected chi connectivity index (χ4v) is 3.93. The number of aromatic nitrogens is 1. The molecule has 2 N–H and O–H groups in total. The molecule has 0 radical (unpaired) electrons. The molecule has 0 aliphatic heterocycles. The van der Waals surface area contributed by atoms with E-state index in [1.54, 1.807) is 41.0 Å². The molecule has 0 aliphatic rings. The second kappa shape index (κ2) is 11.5. The number of ether oxygens (including phenoxy) is 1. The molecule has 1 aromatic heterocycles. The van der Waals surface area contributed by atoms with Crippen molar-refractivity contribution in [2.45, 2.75) is 45.3 Å². The third-order valence-corrected chi connectivity index (χ3v) is 5.95. The van der Waals surface area contributed by atoms with Crippen LogP contribution < -0.4 is 10.1 Å². The van der Waals surface area contributed by atoms with Crippen LogP contribution in [0, 0.1) is 0 Å². The molecule has 0 saturated carbocycles. The molecule has 0 aliphatic carbocycles. The third kappa shape index (κ3) is 6.81. The van der Waals surface area contributed by atoms with E-state index >= 15 is 0 Å². The zero-order chi connectivity index (χ0) is 26.5. The number of nitrogens with zero attached hydrogens (tertiary/aromatic N) is 1. The fourth-order valence-electron chi connectivity index (χ4n) is 3.80. The van der Waals surface area contributed by atoms with Gasteiger partial charge >= 0.3 is 12.1 Å². The molecule has 36 heavy (non-hydrogen) atoms. The van der Waals surface area contributed by atoms with Crippen molar-refractivity contribution in [1.82, 2.24) is 4.57 Å². The summed E-state index contributed by atoms with van der Waals surface area (Å²) in [6, 6.07) is 13.0. The molecule has 1 heterocycles. The van der Waals surface area contributed by atoms with E-state index in [1.807, 2.05) is 13.8 Å². The van der Waals surface area contributed by atoms with Gasteiger partial charge in [-0.15, -0.1) is 0 Å². The van der Waals surface area contributed by atoms with Crippen molar-refractivity contribution < 1.29 is 32.6 Å². The van der Waals surface area contributed by atoms with Gasteiger partial charge in [0.1, 0.15) is 11.4 Å². The zero-order valence-corrected chi connectivity index (χ0v) is 20.5. The van der Waals surface area contributed by atoms with E-state index in [4.69, 9.17) is 21.4 Å². The molecule has 192 valence electrons. The number of halogens is 4. The van der Waals surface area contributed by atoms with Crippen LogP contribution >= 0.6 is 11.6 Å². The summed E-state index contributed by atoms with van der Waals surface area (Å²) in [6.07, 6.45) is -4.06. The minimum Gasteiger partial charge on any atom is -0.493 e. The van der Waals surface area contributed by atoms with Gasteiger partial charge in [0.05, 0.1) is 24.3 Å². The summed E-state index contributed by atoms with van der Waals surface area (Å²) >= 11 is 5.88. The molecule has 0 spiro atoms. The molecule has 0 bridgehead atoms. The minimum absolute atomic E-state index is 0.105. The molecule has 2 aromatic carbocycles. The number of aliphatic carboxylic acids is 1. The lowest BCUT2D eigenvalue weighted by Gasteiger charge is -2.20. The van der Waals surface area contributed by atoms with Gasteiger partial charge < -0.3 is 19.7 Å². The number of nitrogens with one attached hydrogen (secondary N) is 1. The van der Waals surface area contributed by atoms with Crippen molar-refractivity contribution in [2.75, 3.05) is 11.9 Å². The van der Waals surface area contributed by atoms with Crippen molar-refractivity contribution in [3.63, 3.8) is 0 Å². The number of alkyl halides is 3. The highest BCUT2D eigenvalue weighted by atomic mass is 35.5. The van der Waals surface area contributed by atoms with Gasteiger partial charge in [-0.2, -0.15) is 13.2 Å². The SMILES string of the molecule is CC[C@H](C)n1c(CCOc2ccc(Cl)cc2)ccc1C(=O)Nc1cc(CC(=O)O)ccc1C(F)(F)F. The van der Waals surface area contributed by atoms with Crippen molar-refractivity contribution in [1.29, 1.82) is 0 Å². The van der Waals surface area contributed by atoms with Gasteiger partial charge in [0.15, 0.2) is 0 Å². The summed E-state index contributed by atoms with van der Waals surface area (Å²) in [4.78, 5) is 24.2. The van der Waals surface area contributed by atoms with E-state index in [9.17, 15) is 22.8 Å². The van der Waals surface area contributed by atoms with E-state index in [1.165, 1.54) is 0 Å². The van der Waals surface area contributed by atoms with Crippen LogP contribution in [0.3, 0.4) is 0 Å². The lowest BCUT2D eigenvalue weighted by molar-refractivity contribution is -0.137. The Balaban J connectivity index is 1.85. The van der Waals surface area contributed by atoms with Crippen LogP contribution in [0.4, 0.5) is 18.9 Å². The summed E-state index contributed by atoms with van der Waals surface area (Å²) < 4.78 is 48.2. The summed E-state index contributed by atoms with van der Waals surface area (Å²) in [5.41, 5.74) is -0.413. The van der Waals surface area contributed by atoms with Crippen LogP contribution in [-0.2, 0) is 23.8 Å². The van der Waals surface area contributed by atoms with E-state index in [0.717, 1.165) is 23.9 Å². The van der Waals surface area contributed by atoms with Gasteiger partial charge in [-0.25, -0.2) is 0 Å². The van der Waals surface area contributed by atoms with Crippen LogP contribution in [0.15, 0.2) is 54.6 Å². The van der Waals surface area contributed by atoms with Crippen molar-refractivity contribution in [3.05, 3.63) is 82.1 Å². The highest BCUT2D eigenvalue weighted by Crippen LogP contribution is 2.36. The Morgan fingerprint density at radius 1 is 1.11 bits per heavy atom. The highest BCUT2D eigenvalue weighted by Gasteiger charge is 2.34. The van der Waals surface area contributed by atoms with Gasteiger partial charge in [-0.1, -0.05) is 24.6 Å². The number of carboxylic acids is 1. The monoisotopic (exact) mass is 522 g/mol. The Kier molecular flexibility index (Phi) is 8.68. The first-order valence-electron chi connectivity index (χ1n) is 11.3. The molecule has 10 heteroatoms. The van der Waals surface area contributed by atoms with Gasteiger partial charge in [0.2, 0.25) is 0 Å². The minimum atomic E-state index is -4.73. The summed E-state index contributed by atoms with van der Waals surface area (Å²) in [5.74, 6) is -1.28. The largest absolute Gasteiger partial charge is 0.493 e. The Bertz CT molecular complexity index is 1220. The lowest BCUT2D eigenvalue weighted by Crippen LogP contribution is -2.22. The van der Waals surface area contributed by atoms with Gasteiger partial charge in [0, 0.05) is 23.2 Å². The van der Waals surface area contributed by atoms with E-state index in [0.29, 0.717) is 30.2 Å². The first kappa shape index (κ1) is 27.1. The molecule has 3 aromatic rings. The molecule has 0 saturated heterocycles. The molecule has 6 nitrogen and oxygen atoms in total. The molecule has 3 rings (SSSR count). The number of rotatable bonds is 10. The van der Waals surface area contributed by atoms with E-state index in [-0.39, 0.29) is 17.3 Å². The number of hydrogen-bond acceptors (Lipinski definition) is 3. The summed E-state index contributed by atoms with van der Waals surface area (Å²) in [5, 5.41) is 11.9. The van der Waals surface area contributed by atoms with Gasteiger partial charge in [-0.05, 0) is 67.4 Å². The quantitative estimate of drug-likeness (QED) is 0.313.